The van der Waals surface area contributed by atoms with Gasteiger partial charge in [-0.1, -0.05) is 62.4 Å². The van der Waals surface area contributed by atoms with Crippen LogP contribution in [0.4, 0.5) is 0 Å². The van der Waals surface area contributed by atoms with Gasteiger partial charge in [-0.2, -0.15) is 11.1 Å². The SMILES string of the molecule is CCc1cccc2c1C=[C-]C2c1ccccn1.CCc1cccc2c1C=[C-]C2c1ccccn1.[Zr+2]. The summed E-state index contributed by atoms with van der Waals surface area (Å²) >= 11 is 0. The third-order valence-corrected chi connectivity index (χ3v) is 6.60. The molecule has 6 rings (SSSR count). The van der Waals surface area contributed by atoms with Crippen molar-refractivity contribution >= 4 is 12.2 Å². The molecule has 35 heavy (non-hydrogen) atoms. The Morgan fingerprint density at radius 1 is 0.600 bits per heavy atom. The number of fused-ring (bicyclic) bond motifs is 2. The maximum Gasteiger partial charge on any atom is 2.00 e. The molecule has 0 fully saturated rings. The first kappa shape index (κ1) is 25.2. The number of nitrogens with zero attached hydrogens (tertiary/aromatic N) is 2. The molecule has 0 bridgehead atoms. The summed E-state index contributed by atoms with van der Waals surface area (Å²) in [5.41, 5.74) is 10.3. The summed E-state index contributed by atoms with van der Waals surface area (Å²) in [4.78, 5) is 8.87. The van der Waals surface area contributed by atoms with Crippen LogP contribution in [0.5, 0.6) is 0 Å². The molecule has 0 amide bonds. The summed E-state index contributed by atoms with van der Waals surface area (Å²) in [5.74, 6) is 0.412. The fourth-order valence-corrected chi connectivity index (χ4v) is 4.83. The van der Waals surface area contributed by atoms with Crippen LogP contribution in [0.15, 0.2) is 85.2 Å². The van der Waals surface area contributed by atoms with E-state index in [0.717, 1.165) is 24.2 Å². The van der Waals surface area contributed by atoms with E-state index >= 15 is 0 Å². The largest absolute Gasteiger partial charge is 2.00 e. The maximum atomic E-state index is 4.43. The Bertz CT molecular complexity index is 1220. The summed E-state index contributed by atoms with van der Waals surface area (Å²) in [6.07, 6.45) is 16.9. The van der Waals surface area contributed by atoms with E-state index in [4.69, 9.17) is 0 Å². The van der Waals surface area contributed by atoms with Gasteiger partial charge in [0.1, 0.15) is 0 Å². The molecule has 0 N–H and O–H groups in total. The van der Waals surface area contributed by atoms with Crippen LogP contribution in [-0.4, -0.2) is 9.97 Å². The van der Waals surface area contributed by atoms with E-state index in [0.29, 0.717) is 0 Å². The Hall–Kier alpha value is -2.90. The zero-order valence-corrected chi connectivity index (χ0v) is 22.7. The monoisotopic (exact) mass is 530 g/mol. The minimum absolute atomic E-state index is 0. The van der Waals surface area contributed by atoms with E-state index < -0.39 is 0 Å². The Balaban J connectivity index is 0.000000160. The molecule has 170 valence electrons. The van der Waals surface area contributed by atoms with Crippen LogP contribution in [0.3, 0.4) is 0 Å². The van der Waals surface area contributed by atoms with Gasteiger partial charge in [-0.15, -0.1) is 22.3 Å². The van der Waals surface area contributed by atoms with Gasteiger partial charge in [0, 0.05) is 23.8 Å². The number of rotatable bonds is 4. The van der Waals surface area contributed by atoms with Crippen LogP contribution >= 0.6 is 0 Å². The van der Waals surface area contributed by atoms with Crippen LogP contribution in [0.25, 0.3) is 12.2 Å². The van der Waals surface area contributed by atoms with Crippen LogP contribution < -0.4 is 0 Å². The first-order valence-electron chi connectivity index (χ1n) is 12.0. The molecule has 0 radical (unpaired) electrons. The van der Waals surface area contributed by atoms with Crippen LogP contribution in [0.2, 0.25) is 0 Å². The van der Waals surface area contributed by atoms with Gasteiger partial charge in [0.25, 0.3) is 0 Å². The predicted molar refractivity (Wildman–Crippen MR) is 139 cm³/mol. The quantitative estimate of drug-likeness (QED) is 0.260. The zero-order valence-electron chi connectivity index (χ0n) is 20.2. The van der Waals surface area contributed by atoms with Crippen molar-refractivity contribution in [2.75, 3.05) is 0 Å². The molecule has 0 aliphatic heterocycles. The number of benzene rings is 2. The average molecular weight is 532 g/mol. The minimum Gasteiger partial charge on any atom is -0.262 e. The molecule has 2 unspecified atom stereocenters. The zero-order chi connectivity index (χ0) is 23.3. The van der Waals surface area contributed by atoms with Gasteiger partial charge >= 0.3 is 26.2 Å². The Morgan fingerprint density at radius 3 is 1.43 bits per heavy atom. The van der Waals surface area contributed by atoms with Crippen molar-refractivity contribution in [1.82, 2.24) is 9.97 Å². The molecule has 2 aromatic carbocycles. The molecule has 2 nitrogen and oxygen atoms in total. The van der Waals surface area contributed by atoms with E-state index in [9.17, 15) is 0 Å². The molecule has 0 saturated heterocycles. The van der Waals surface area contributed by atoms with Crippen molar-refractivity contribution in [1.29, 1.82) is 0 Å². The van der Waals surface area contributed by atoms with Gasteiger partial charge < -0.3 is 0 Å². The number of allylic oxidation sites excluding steroid dienone is 2. The molecule has 3 heteroatoms. The summed E-state index contributed by atoms with van der Waals surface area (Å²) < 4.78 is 0. The topological polar surface area (TPSA) is 25.8 Å². The number of hydrogen-bond donors (Lipinski definition) is 0. The number of aryl methyl sites for hydroxylation is 2. The molecule has 2 aliphatic rings. The summed E-state index contributed by atoms with van der Waals surface area (Å²) in [6.45, 7) is 4.38. The fraction of sp³-hybridized carbons (Fsp3) is 0.188. The van der Waals surface area contributed by atoms with Gasteiger partial charge in [0.05, 0.1) is 0 Å². The van der Waals surface area contributed by atoms with Crippen molar-refractivity contribution in [2.24, 2.45) is 0 Å². The van der Waals surface area contributed by atoms with Gasteiger partial charge in [-0.25, -0.2) is 12.2 Å². The van der Waals surface area contributed by atoms with Crippen molar-refractivity contribution in [3.63, 3.8) is 0 Å². The van der Waals surface area contributed by atoms with E-state index in [2.05, 4.69) is 96.7 Å². The van der Waals surface area contributed by atoms with Gasteiger partial charge in [0.2, 0.25) is 0 Å². The molecule has 0 spiro atoms. The summed E-state index contributed by atoms with van der Waals surface area (Å²) in [7, 11) is 0. The van der Waals surface area contributed by atoms with Crippen molar-refractivity contribution < 1.29 is 26.2 Å². The van der Waals surface area contributed by atoms with Crippen molar-refractivity contribution in [3.8, 4) is 0 Å². The normalized spacial score (nSPS) is 16.6. The van der Waals surface area contributed by atoms with Gasteiger partial charge in [-0.3, -0.25) is 22.1 Å². The third-order valence-electron chi connectivity index (χ3n) is 6.60. The molecule has 2 aliphatic carbocycles. The number of aromatic nitrogens is 2. The molecule has 0 saturated carbocycles. The smallest absolute Gasteiger partial charge is 0.262 e. The summed E-state index contributed by atoms with van der Waals surface area (Å²) in [5, 5.41) is 0. The predicted octanol–water partition coefficient (Wildman–Crippen LogP) is 7.21. The molecule has 2 atom stereocenters. The van der Waals surface area contributed by atoms with E-state index in [1.807, 2.05) is 36.7 Å². The van der Waals surface area contributed by atoms with Crippen LogP contribution in [-0.2, 0) is 39.0 Å². The van der Waals surface area contributed by atoms with Crippen molar-refractivity contribution in [2.45, 2.75) is 38.5 Å². The Kier molecular flexibility index (Phi) is 8.42. The molecule has 2 heterocycles. The second-order valence-electron chi connectivity index (χ2n) is 8.54. The molecule has 2 aromatic heterocycles. The number of hydrogen-bond acceptors (Lipinski definition) is 2. The fourth-order valence-electron chi connectivity index (χ4n) is 4.83. The second kappa shape index (κ2) is 11.7. The van der Waals surface area contributed by atoms with Crippen LogP contribution in [0.1, 0.15) is 70.5 Å². The van der Waals surface area contributed by atoms with Gasteiger partial charge in [0.15, 0.2) is 0 Å². The van der Waals surface area contributed by atoms with E-state index in [1.54, 1.807) is 0 Å². The average Bonchev–Trinajstić information content (AvgIpc) is 3.55. The molecular formula is C32H28N2Zr. The maximum absolute atomic E-state index is 4.43. The molecule has 4 aromatic rings. The molecular weight excluding hydrogens is 504 g/mol. The number of pyridine rings is 2. The second-order valence-corrected chi connectivity index (χ2v) is 8.54. The Labute approximate surface area is 228 Å². The Morgan fingerprint density at radius 2 is 1.06 bits per heavy atom. The summed E-state index contributed by atoms with van der Waals surface area (Å²) in [6, 6.07) is 25.1. The first-order chi connectivity index (χ1) is 16.8. The van der Waals surface area contributed by atoms with E-state index in [1.165, 1.54) is 33.4 Å². The minimum atomic E-state index is 0. The third kappa shape index (κ3) is 5.21. The van der Waals surface area contributed by atoms with Crippen molar-refractivity contribution in [3.05, 3.63) is 142 Å². The van der Waals surface area contributed by atoms with Gasteiger partial charge in [-0.05, 0) is 48.9 Å². The first-order valence-corrected chi connectivity index (χ1v) is 12.0. The standard InChI is InChI=1S/2C16H14N.Zr/c2*1-2-12-6-5-7-14-13(12)9-10-15(14)16-8-3-4-11-17-16;/h2*3-9,11,15H,2H2,1H3;/q2*-1;+2. The van der Waals surface area contributed by atoms with E-state index in [-0.39, 0.29) is 38.0 Å². The van der Waals surface area contributed by atoms with Crippen LogP contribution in [0, 0.1) is 12.2 Å².